The van der Waals surface area contributed by atoms with Crippen LogP contribution in [0.5, 0.6) is 0 Å². The lowest BCUT2D eigenvalue weighted by molar-refractivity contribution is -0.119. The lowest BCUT2D eigenvalue weighted by atomic mass is 10.0. The molecule has 1 aliphatic heterocycles. The molecule has 8 heteroatoms. The Kier molecular flexibility index (Phi) is 7.16. The Morgan fingerprint density at radius 3 is 2.65 bits per heavy atom. The summed E-state index contributed by atoms with van der Waals surface area (Å²) < 4.78 is 30.9. The second kappa shape index (κ2) is 8.94. The van der Waals surface area contributed by atoms with Gasteiger partial charge in [-0.2, -0.15) is 0 Å². The molecule has 2 rings (SSSR count). The predicted molar refractivity (Wildman–Crippen MR) is 102 cm³/mol. The third kappa shape index (κ3) is 4.82. The lowest BCUT2D eigenvalue weighted by Gasteiger charge is -2.31. The minimum absolute atomic E-state index is 0.0362. The summed E-state index contributed by atoms with van der Waals surface area (Å²) in [5.74, 6) is 0.0362. The summed E-state index contributed by atoms with van der Waals surface area (Å²) in [6.45, 7) is 2.47. The van der Waals surface area contributed by atoms with E-state index >= 15 is 0 Å². The molecule has 0 N–H and O–H groups in total. The van der Waals surface area contributed by atoms with Crippen LogP contribution < -0.4 is 4.90 Å². The van der Waals surface area contributed by atoms with Gasteiger partial charge >= 0.3 is 0 Å². The Morgan fingerprint density at radius 1 is 1.27 bits per heavy atom. The highest BCUT2D eigenvalue weighted by atomic mass is 32.2. The summed E-state index contributed by atoms with van der Waals surface area (Å²) in [6, 6.07) is 5.04. The minimum Gasteiger partial charge on any atom is -0.385 e. The number of rotatable bonds is 8. The Morgan fingerprint density at radius 2 is 2.00 bits per heavy atom. The number of fused-ring (bicyclic) bond motifs is 1. The minimum atomic E-state index is -3.47. The molecule has 146 valence electrons. The maximum atomic E-state index is 12.7. The average molecular weight is 384 g/mol. The van der Waals surface area contributed by atoms with Crippen LogP contribution >= 0.6 is 0 Å². The van der Waals surface area contributed by atoms with Gasteiger partial charge in [-0.3, -0.25) is 9.69 Å². The molecule has 0 aromatic heterocycles. The van der Waals surface area contributed by atoms with Gasteiger partial charge in [-0.15, -0.1) is 0 Å². The SMILES string of the molecule is COCCCN(C)CC(=O)N1CCCc2cc(S(=O)(=O)N(C)C)ccc21. The molecular weight excluding hydrogens is 354 g/mol. The molecule has 0 bridgehead atoms. The first-order valence-corrected chi connectivity index (χ1v) is 10.2. The smallest absolute Gasteiger partial charge is 0.242 e. The van der Waals surface area contributed by atoms with Crippen molar-refractivity contribution in [1.82, 2.24) is 9.21 Å². The largest absolute Gasteiger partial charge is 0.385 e. The number of anilines is 1. The Bertz CT molecular complexity index is 734. The lowest BCUT2D eigenvalue weighted by Crippen LogP contribution is -2.42. The topological polar surface area (TPSA) is 70.2 Å². The third-order valence-electron chi connectivity index (χ3n) is 4.54. The number of nitrogens with zero attached hydrogens (tertiary/aromatic N) is 3. The molecule has 0 spiro atoms. The van der Waals surface area contributed by atoms with Crippen LogP contribution in [-0.4, -0.2) is 78.0 Å². The number of likely N-dealkylation sites (N-methyl/N-ethyl adjacent to an activating group) is 1. The number of amides is 1. The van der Waals surface area contributed by atoms with Crippen LogP contribution in [0.4, 0.5) is 5.69 Å². The van der Waals surface area contributed by atoms with Crippen molar-refractivity contribution in [3.05, 3.63) is 23.8 Å². The molecular formula is C18H29N3O4S. The number of carbonyl (C=O) groups excluding carboxylic acids is 1. The normalized spacial score (nSPS) is 14.8. The van der Waals surface area contributed by atoms with Gasteiger partial charge in [-0.05, 0) is 50.1 Å². The number of hydrogen-bond acceptors (Lipinski definition) is 5. The van der Waals surface area contributed by atoms with Crippen molar-refractivity contribution in [3.63, 3.8) is 0 Å². The number of ether oxygens (including phenoxy) is 1. The zero-order valence-corrected chi connectivity index (χ0v) is 16.9. The molecule has 26 heavy (non-hydrogen) atoms. The third-order valence-corrected chi connectivity index (χ3v) is 6.35. The molecule has 0 aliphatic carbocycles. The fourth-order valence-electron chi connectivity index (χ4n) is 3.08. The molecule has 0 atom stereocenters. The summed E-state index contributed by atoms with van der Waals surface area (Å²) in [5.41, 5.74) is 1.74. The van der Waals surface area contributed by atoms with Gasteiger partial charge in [0.15, 0.2) is 0 Å². The van der Waals surface area contributed by atoms with E-state index in [9.17, 15) is 13.2 Å². The number of sulfonamides is 1. The van der Waals surface area contributed by atoms with Crippen LogP contribution in [-0.2, 0) is 26.0 Å². The monoisotopic (exact) mass is 383 g/mol. The van der Waals surface area contributed by atoms with Gasteiger partial charge in [0.25, 0.3) is 0 Å². The highest BCUT2D eigenvalue weighted by Gasteiger charge is 2.26. The first-order valence-electron chi connectivity index (χ1n) is 8.80. The number of hydrogen-bond donors (Lipinski definition) is 0. The molecule has 0 saturated carbocycles. The number of benzene rings is 1. The average Bonchev–Trinajstić information content (AvgIpc) is 2.60. The van der Waals surface area contributed by atoms with E-state index in [4.69, 9.17) is 4.74 Å². The molecule has 0 fully saturated rings. The van der Waals surface area contributed by atoms with E-state index in [1.165, 1.54) is 18.4 Å². The highest BCUT2D eigenvalue weighted by molar-refractivity contribution is 7.89. The van der Waals surface area contributed by atoms with Gasteiger partial charge in [0.2, 0.25) is 15.9 Å². The molecule has 0 unspecified atom stereocenters. The van der Waals surface area contributed by atoms with E-state index in [0.29, 0.717) is 19.7 Å². The van der Waals surface area contributed by atoms with Crippen molar-refractivity contribution in [2.75, 3.05) is 59.4 Å². The highest BCUT2D eigenvalue weighted by Crippen LogP contribution is 2.30. The van der Waals surface area contributed by atoms with E-state index in [1.54, 1.807) is 30.2 Å². The van der Waals surface area contributed by atoms with Gasteiger partial charge in [-0.25, -0.2) is 12.7 Å². The second-order valence-electron chi connectivity index (χ2n) is 6.81. The summed E-state index contributed by atoms with van der Waals surface area (Å²) >= 11 is 0. The number of methoxy groups -OCH3 is 1. The fourth-order valence-corrected chi connectivity index (χ4v) is 4.03. The quantitative estimate of drug-likeness (QED) is 0.631. The molecule has 0 saturated heterocycles. The van der Waals surface area contributed by atoms with Crippen molar-refractivity contribution in [2.24, 2.45) is 0 Å². The van der Waals surface area contributed by atoms with Gasteiger partial charge < -0.3 is 9.64 Å². The standard InChI is InChI=1S/C18H29N3O4S/c1-19(2)26(23,24)16-8-9-17-15(13-16)7-5-11-21(17)18(22)14-20(3)10-6-12-25-4/h8-9,13H,5-7,10-12,14H2,1-4H3. The molecule has 7 nitrogen and oxygen atoms in total. The van der Waals surface area contributed by atoms with Crippen molar-refractivity contribution in [2.45, 2.75) is 24.2 Å². The Labute approximate surface area is 156 Å². The maximum Gasteiger partial charge on any atom is 0.242 e. The maximum absolute atomic E-state index is 12.7. The Hall–Kier alpha value is -1.48. The molecule has 1 aliphatic rings. The molecule has 1 aromatic carbocycles. The molecule has 1 heterocycles. The van der Waals surface area contributed by atoms with E-state index < -0.39 is 10.0 Å². The van der Waals surface area contributed by atoms with Gasteiger partial charge in [-0.1, -0.05) is 0 Å². The summed E-state index contributed by atoms with van der Waals surface area (Å²) in [5, 5.41) is 0. The van der Waals surface area contributed by atoms with Crippen LogP contribution in [0.25, 0.3) is 0 Å². The summed E-state index contributed by atoms with van der Waals surface area (Å²) in [4.78, 5) is 16.8. The van der Waals surface area contributed by atoms with Crippen LogP contribution in [0, 0.1) is 0 Å². The Balaban J connectivity index is 2.14. The first kappa shape index (κ1) is 20.8. The van der Waals surface area contributed by atoms with Crippen LogP contribution in [0.3, 0.4) is 0 Å². The second-order valence-corrected chi connectivity index (χ2v) is 8.96. The van der Waals surface area contributed by atoms with E-state index in [2.05, 4.69) is 0 Å². The van der Waals surface area contributed by atoms with Crippen LogP contribution in [0.2, 0.25) is 0 Å². The number of carbonyl (C=O) groups is 1. The molecule has 0 radical (unpaired) electrons. The fraction of sp³-hybridized carbons (Fsp3) is 0.611. The van der Waals surface area contributed by atoms with Gasteiger partial charge in [0.1, 0.15) is 0 Å². The van der Waals surface area contributed by atoms with Crippen molar-refractivity contribution in [1.29, 1.82) is 0 Å². The van der Waals surface area contributed by atoms with Crippen molar-refractivity contribution < 1.29 is 17.9 Å². The molecule has 1 amide bonds. The zero-order valence-electron chi connectivity index (χ0n) is 16.1. The van der Waals surface area contributed by atoms with Crippen LogP contribution in [0.1, 0.15) is 18.4 Å². The first-order chi connectivity index (χ1) is 12.3. The van der Waals surface area contributed by atoms with E-state index in [-0.39, 0.29) is 10.8 Å². The van der Waals surface area contributed by atoms with E-state index in [0.717, 1.165) is 37.1 Å². The van der Waals surface area contributed by atoms with Crippen LogP contribution in [0.15, 0.2) is 23.1 Å². The summed E-state index contributed by atoms with van der Waals surface area (Å²) in [6.07, 6.45) is 2.49. The van der Waals surface area contributed by atoms with E-state index in [1.807, 2.05) is 11.9 Å². The predicted octanol–water partition coefficient (Wildman–Crippen LogP) is 1.18. The van der Waals surface area contributed by atoms with Gasteiger partial charge in [0.05, 0.1) is 11.4 Å². The zero-order chi connectivity index (χ0) is 19.3. The van der Waals surface area contributed by atoms with Crippen molar-refractivity contribution >= 4 is 21.6 Å². The van der Waals surface area contributed by atoms with Gasteiger partial charge in [0, 0.05) is 46.6 Å². The number of aryl methyl sites for hydroxylation is 1. The van der Waals surface area contributed by atoms with Crippen molar-refractivity contribution in [3.8, 4) is 0 Å². The summed E-state index contributed by atoms with van der Waals surface area (Å²) in [7, 11) is 3.15. The molecule has 1 aromatic rings.